The first-order chi connectivity index (χ1) is 13.0. The molecule has 0 aromatic heterocycles. The lowest BCUT2D eigenvalue weighted by molar-refractivity contribution is -0.307. The number of para-hydroxylation sites is 2. The van der Waals surface area contributed by atoms with E-state index in [-0.39, 0.29) is 6.61 Å². The molecule has 1 heterocycles. The molecule has 2 aromatic rings. The van der Waals surface area contributed by atoms with Crippen LogP contribution in [0.25, 0.3) is 0 Å². The van der Waals surface area contributed by atoms with Gasteiger partial charge in [-0.15, -0.1) is 0 Å². The van der Waals surface area contributed by atoms with Gasteiger partial charge in [0.1, 0.15) is 19.0 Å². The van der Waals surface area contributed by atoms with Gasteiger partial charge < -0.3 is 24.1 Å². The van der Waals surface area contributed by atoms with Crippen LogP contribution in [-0.4, -0.2) is 36.9 Å². The van der Waals surface area contributed by atoms with Gasteiger partial charge in [-0.25, -0.2) is 5.43 Å². The summed E-state index contributed by atoms with van der Waals surface area (Å²) in [4.78, 5) is 22.6. The summed E-state index contributed by atoms with van der Waals surface area (Å²) in [5.74, 6) is -0.209. The predicted molar refractivity (Wildman–Crippen MR) is 93.7 cm³/mol. The lowest BCUT2D eigenvalue weighted by Crippen LogP contribution is -2.42. The second-order valence-corrected chi connectivity index (χ2v) is 5.72. The summed E-state index contributed by atoms with van der Waals surface area (Å²) in [5, 5.41) is 14.4. The number of hydrazone groups is 1. The number of hydrogen-bond acceptors (Lipinski definition) is 7. The third-order valence-corrected chi connectivity index (χ3v) is 3.76. The fourth-order valence-electron chi connectivity index (χ4n) is 2.36. The molecule has 1 aliphatic rings. The van der Waals surface area contributed by atoms with Crippen molar-refractivity contribution >= 4 is 17.6 Å². The van der Waals surface area contributed by atoms with Crippen molar-refractivity contribution in [2.75, 3.05) is 13.2 Å². The van der Waals surface area contributed by atoms with Gasteiger partial charge in [0.15, 0.2) is 11.5 Å². The number of aliphatic carboxylic acids is 1. The zero-order chi connectivity index (χ0) is 19.2. The second-order valence-electron chi connectivity index (χ2n) is 5.72. The highest BCUT2D eigenvalue weighted by Crippen LogP contribution is 2.30. The minimum atomic E-state index is -1.30. The SMILES string of the molecule is C/C(=N/NC(=O)[C@@H]1COc2ccccc2O1)c1ccc(OCC(=O)[O-])cc1. The number of fused-ring (bicyclic) bond motifs is 1. The Morgan fingerprint density at radius 3 is 2.59 bits per heavy atom. The van der Waals surface area contributed by atoms with Crippen molar-refractivity contribution in [2.45, 2.75) is 13.0 Å². The third-order valence-electron chi connectivity index (χ3n) is 3.76. The normalized spacial score (nSPS) is 15.7. The van der Waals surface area contributed by atoms with E-state index in [0.717, 1.165) is 5.56 Å². The smallest absolute Gasteiger partial charge is 0.284 e. The maximum atomic E-state index is 12.2. The van der Waals surface area contributed by atoms with Crippen LogP contribution < -0.4 is 24.7 Å². The lowest BCUT2D eigenvalue weighted by atomic mass is 10.1. The fourth-order valence-corrected chi connectivity index (χ4v) is 2.36. The monoisotopic (exact) mass is 369 g/mol. The first-order valence-corrected chi connectivity index (χ1v) is 8.18. The lowest BCUT2D eigenvalue weighted by Gasteiger charge is -2.24. The Balaban J connectivity index is 1.57. The van der Waals surface area contributed by atoms with Gasteiger partial charge in [0, 0.05) is 0 Å². The van der Waals surface area contributed by atoms with Gasteiger partial charge in [-0.3, -0.25) is 4.79 Å². The summed E-state index contributed by atoms with van der Waals surface area (Å²) >= 11 is 0. The first-order valence-electron chi connectivity index (χ1n) is 8.18. The van der Waals surface area contributed by atoms with Crippen molar-refractivity contribution < 1.29 is 28.9 Å². The van der Waals surface area contributed by atoms with E-state index in [4.69, 9.17) is 14.2 Å². The average Bonchev–Trinajstić information content (AvgIpc) is 2.70. The van der Waals surface area contributed by atoms with Crippen LogP contribution in [0.1, 0.15) is 12.5 Å². The van der Waals surface area contributed by atoms with Crippen LogP contribution in [0, 0.1) is 0 Å². The van der Waals surface area contributed by atoms with Crippen LogP contribution in [0.4, 0.5) is 0 Å². The molecule has 3 rings (SSSR count). The molecule has 0 aliphatic carbocycles. The number of amides is 1. The molecule has 27 heavy (non-hydrogen) atoms. The molecule has 8 nitrogen and oxygen atoms in total. The zero-order valence-electron chi connectivity index (χ0n) is 14.5. The second kappa shape index (κ2) is 8.22. The van der Waals surface area contributed by atoms with Crippen LogP contribution >= 0.6 is 0 Å². The topological polar surface area (TPSA) is 109 Å². The Morgan fingerprint density at radius 1 is 1.19 bits per heavy atom. The van der Waals surface area contributed by atoms with Gasteiger partial charge in [0.25, 0.3) is 5.91 Å². The number of carboxylic acid groups (broad SMARTS) is 1. The maximum absolute atomic E-state index is 12.2. The quantitative estimate of drug-likeness (QED) is 0.586. The molecule has 1 N–H and O–H groups in total. The van der Waals surface area contributed by atoms with Gasteiger partial charge in [0.2, 0.25) is 6.10 Å². The van der Waals surface area contributed by atoms with E-state index >= 15 is 0 Å². The van der Waals surface area contributed by atoms with Crippen molar-refractivity contribution in [3.63, 3.8) is 0 Å². The molecule has 0 bridgehead atoms. The molecule has 140 valence electrons. The molecule has 1 amide bonds. The van der Waals surface area contributed by atoms with E-state index in [9.17, 15) is 14.7 Å². The van der Waals surface area contributed by atoms with Crippen molar-refractivity contribution in [3.05, 3.63) is 54.1 Å². The number of rotatable bonds is 6. The van der Waals surface area contributed by atoms with Crippen molar-refractivity contribution in [1.82, 2.24) is 5.43 Å². The van der Waals surface area contributed by atoms with Crippen molar-refractivity contribution in [1.29, 1.82) is 0 Å². The van der Waals surface area contributed by atoms with E-state index < -0.39 is 24.6 Å². The number of benzene rings is 2. The molecule has 0 fully saturated rings. The van der Waals surface area contributed by atoms with Crippen molar-refractivity contribution in [2.24, 2.45) is 5.10 Å². The number of nitrogens with one attached hydrogen (secondary N) is 1. The summed E-state index contributed by atoms with van der Waals surface area (Å²) in [6.45, 7) is 1.31. The highest BCUT2D eigenvalue weighted by Gasteiger charge is 2.27. The van der Waals surface area contributed by atoms with Crippen LogP contribution in [-0.2, 0) is 9.59 Å². The molecule has 0 unspecified atom stereocenters. The summed E-state index contributed by atoms with van der Waals surface area (Å²) in [5.41, 5.74) is 3.76. The summed E-state index contributed by atoms with van der Waals surface area (Å²) in [7, 11) is 0. The summed E-state index contributed by atoms with van der Waals surface area (Å²) in [6.07, 6.45) is -0.795. The number of nitrogens with zero attached hydrogens (tertiary/aromatic N) is 1. The molecule has 8 heteroatoms. The Bertz CT molecular complexity index is 863. The standard InChI is InChI=1S/C19H18N2O6/c1-12(13-6-8-14(9-7-13)25-11-18(22)23)20-21-19(24)17-10-26-15-4-2-3-5-16(15)27-17/h2-9,17H,10-11H2,1H3,(H,21,24)(H,22,23)/p-1/b20-12-/t17-/m0/s1. The van der Waals surface area contributed by atoms with Gasteiger partial charge in [-0.05, 0) is 48.9 Å². The highest BCUT2D eigenvalue weighted by molar-refractivity contribution is 5.99. The van der Waals surface area contributed by atoms with E-state index in [2.05, 4.69) is 10.5 Å². The fraction of sp³-hybridized carbons (Fsp3) is 0.211. The van der Waals surface area contributed by atoms with Gasteiger partial charge in [-0.2, -0.15) is 5.10 Å². The summed E-state index contributed by atoms with van der Waals surface area (Å²) in [6, 6.07) is 13.7. The van der Waals surface area contributed by atoms with Gasteiger partial charge >= 0.3 is 0 Å². The van der Waals surface area contributed by atoms with Crippen LogP contribution in [0.5, 0.6) is 17.2 Å². The number of hydrogen-bond donors (Lipinski definition) is 1. The van der Waals surface area contributed by atoms with Crippen LogP contribution in [0.15, 0.2) is 53.6 Å². The Hall–Kier alpha value is -3.55. The van der Waals surface area contributed by atoms with Gasteiger partial charge in [0.05, 0.1) is 11.7 Å². The average molecular weight is 369 g/mol. The number of carbonyl (C=O) groups is 2. The number of carbonyl (C=O) groups excluding carboxylic acids is 2. The molecular formula is C19H17N2O6-. The highest BCUT2D eigenvalue weighted by atomic mass is 16.6. The Labute approximate surface area is 155 Å². The maximum Gasteiger partial charge on any atom is 0.284 e. The number of carboxylic acids is 1. The minimum absolute atomic E-state index is 0.0991. The molecular weight excluding hydrogens is 352 g/mol. The Morgan fingerprint density at radius 2 is 1.89 bits per heavy atom. The molecule has 2 aromatic carbocycles. The molecule has 0 saturated heterocycles. The molecule has 1 aliphatic heterocycles. The van der Waals surface area contributed by atoms with Gasteiger partial charge in [-0.1, -0.05) is 12.1 Å². The first kappa shape index (κ1) is 18.2. The summed E-state index contributed by atoms with van der Waals surface area (Å²) < 4.78 is 16.1. The predicted octanol–water partition coefficient (Wildman–Crippen LogP) is 0.495. The Kier molecular flexibility index (Phi) is 5.55. The third kappa shape index (κ3) is 4.75. The van der Waals surface area contributed by atoms with E-state index in [0.29, 0.717) is 23.0 Å². The number of ether oxygens (including phenoxy) is 3. The van der Waals surface area contributed by atoms with E-state index in [1.807, 2.05) is 6.07 Å². The molecule has 1 atom stereocenters. The zero-order valence-corrected chi connectivity index (χ0v) is 14.5. The van der Waals surface area contributed by atoms with Crippen LogP contribution in [0.3, 0.4) is 0 Å². The van der Waals surface area contributed by atoms with Crippen LogP contribution in [0.2, 0.25) is 0 Å². The molecule has 0 radical (unpaired) electrons. The molecule has 0 saturated carbocycles. The van der Waals surface area contributed by atoms with Crippen molar-refractivity contribution in [3.8, 4) is 17.2 Å². The molecule has 0 spiro atoms. The van der Waals surface area contributed by atoms with E-state index in [1.54, 1.807) is 49.4 Å². The largest absolute Gasteiger partial charge is 0.546 e. The van der Waals surface area contributed by atoms with E-state index in [1.165, 1.54) is 0 Å². The minimum Gasteiger partial charge on any atom is -0.546 e.